The molecular weight excluding hydrogens is 613 g/mol. The van der Waals surface area contributed by atoms with Crippen molar-refractivity contribution in [2.75, 3.05) is 31.3 Å². The van der Waals surface area contributed by atoms with Gasteiger partial charge in [-0.2, -0.15) is 0 Å². The van der Waals surface area contributed by atoms with Crippen molar-refractivity contribution in [1.29, 1.82) is 0 Å². The molecule has 0 unspecified atom stereocenters. The van der Waals surface area contributed by atoms with Crippen LogP contribution in [0.2, 0.25) is 10.0 Å². The van der Waals surface area contributed by atoms with Gasteiger partial charge in [0.25, 0.3) is 0 Å². The van der Waals surface area contributed by atoms with Crippen LogP contribution in [0.5, 0.6) is 11.5 Å². The Morgan fingerprint density at radius 2 is 1.51 bits per heavy atom. The van der Waals surface area contributed by atoms with Crippen molar-refractivity contribution in [3.8, 4) is 11.5 Å². The Balaban J connectivity index is 2.14. The van der Waals surface area contributed by atoms with Crippen molar-refractivity contribution >= 4 is 50.7 Å². The van der Waals surface area contributed by atoms with Gasteiger partial charge in [-0.15, -0.1) is 0 Å². The first-order valence-corrected chi connectivity index (χ1v) is 16.0. The van der Waals surface area contributed by atoms with Crippen LogP contribution in [0.1, 0.15) is 31.9 Å². The minimum atomic E-state index is -3.98. The normalized spacial score (nSPS) is 12.3. The summed E-state index contributed by atoms with van der Waals surface area (Å²) in [7, 11) is -1.09. The molecule has 12 heteroatoms. The largest absolute Gasteiger partial charge is 0.493 e. The van der Waals surface area contributed by atoms with Gasteiger partial charge in [0.15, 0.2) is 11.5 Å². The molecule has 0 fully saturated rings. The Labute approximate surface area is 263 Å². The van der Waals surface area contributed by atoms with E-state index < -0.39 is 40.0 Å². The summed E-state index contributed by atoms with van der Waals surface area (Å²) in [5, 5.41) is 3.58. The Hall–Kier alpha value is -3.47. The van der Waals surface area contributed by atoms with Crippen molar-refractivity contribution in [1.82, 2.24) is 10.2 Å². The van der Waals surface area contributed by atoms with Gasteiger partial charge in [-0.1, -0.05) is 59.6 Å². The molecule has 3 aromatic carbocycles. The van der Waals surface area contributed by atoms with Gasteiger partial charge in [-0.25, -0.2) is 8.42 Å². The lowest BCUT2D eigenvalue weighted by atomic mass is 10.0. The van der Waals surface area contributed by atoms with E-state index in [1.807, 2.05) is 51.1 Å². The maximum Gasteiger partial charge on any atom is 0.244 e. The summed E-state index contributed by atoms with van der Waals surface area (Å²) >= 11 is 13.0. The first-order valence-electron chi connectivity index (χ1n) is 13.4. The Bertz CT molecular complexity index is 1520. The summed E-state index contributed by atoms with van der Waals surface area (Å²) in [6.07, 6.45) is 1.16. The highest BCUT2D eigenvalue weighted by molar-refractivity contribution is 7.92. The molecule has 0 bridgehead atoms. The fourth-order valence-corrected chi connectivity index (χ4v) is 5.81. The molecule has 0 saturated heterocycles. The molecule has 232 valence electrons. The number of halogens is 2. The molecule has 1 atom stereocenters. The zero-order valence-electron chi connectivity index (χ0n) is 25.1. The van der Waals surface area contributed by atoms with Crippen molar-refractivity contribution < 1.29 is 27.5 Å². The molecule has 0 aliphatic rings. The number of ether oxygens (including phenoxy) is 2. The van der Waals surface area contributed by atoms with Crippen LogP contribution >= 0.6 is 23.2 Å². The first kappa shape index (κ1) is 34.0. The Morgan fingerprint density at radius 1 is 0.907 bits per heavy atom. The number of hydrogen-bond acceptors (Lipinski definition) is 6. The number of anilines is 1. The number of benzene rings is 3. The molecule has 0 radical (unpaired) electrons. The van der Waals surface area contributed by atoms with Gasteiger partial charge < -0.3 is 19.7 Å². The van der Waals surface area contributed by atoms with Gasteiger partial charge in [0.05, 0.1) is 26.2 Å². The highest BCUT2D eigenvalue weighted by Gasteiger charge is 2.35. The van der Waals surface area contributed by atoms with E-state index in [0.717, 1.165) is 16.1 Å². The summed E-state index contributed by atoms with van der Waals surface area (Å²) < 4.78 is 37.7. The number of nitrogens with one attached hydrogen (secondary N) is 1. The lowest BCUT2D eigenvalue weighted by molar-refractivity contribution is -0.140. The second-order valence-corrected chi connectivity index (χ2v) is 13.7. The Morgan fingerprint density at radius 3 is 2.05 bits per heavy atom. The van der Waals surface area contributed by atoms with Gasteiger partial charge in [-0.3, -0.25) is 13.9 Å². The van der Waals surface area contributed by atoms with E-state index in [4.69, 9.17) is 32.7 Å². The van der Waals surface area contributed by atoms with Crippen LogP contribution in [0, 0.1) is 0 Å². The summed E-state index contributed by atoms with van der Waals surface area (Å²) in [5.41, 5.74) is 0.807. The molecule has 3 rings (SSSR count). The number of amides is 2. The van der Waals surface area contributed by atoms with E-state index in [2.05, 4.69) is 5.32 Å². The van der Waals surface area contributed by atoms with Crippen LogP contribution in [0.25, 0.3) is 0 Å². The third-order valence-corrected chi connectivity index (χ3v) is 8.34. The van der Waals surface area contributed by atoms with Gasteiger partial charge in [0, 0.05) is 40.2 Å². The number of hydrogen-bond donors (Lipinski definition) is 1. The van der Waals surface area contributed by atoms with Crippen LogP contribution in [0.4, 0.5) is 5.69 Å². The summed E-state index contributed by atoms with van der Waals surface area (Å²) in [5.74, 6) is -0.374. The van der Waals surface area contributed by atoms with Crippen LogP contribution in [-0.4, -0.2) is 63.7 Å². The van der Waals surface area contributed by atoms with Crippen molar-refractivity contribution in [2.24, 2.45) is 0 Å². The monoisotopic (exact) mass is 649 g/mol. The average molecular weight is 651 g/mol. The van der Waals surface area contributed by atoms with E-state index in [0.29, 0.717) is 21.4 Å². The zero-order chi connectivity index (χ0) is 31.9. The molecule has 0 spiro atoms. The number of rotatable bonds is 12. The molecule has 0 saturated carbocycles. The standard InChI is InChI=1S/C31H37Cl2N3O6S/c1-31(2,3)34-30(38)26(17-21-11-8-7-9-12-21)35(19-23-24(32)13-10-14-25(23)33)29(37)20-36(43(6,39)40)22-15-16-27(41-4)28(18-22)42-5/h7-16,18,26H,17,19-20H2,1-6H3,(H,34,38)/t26-/m1/s1. The number of sulfonamides is 1. The summed E-state index contributed by atoms with van der Waals surface area (Å²) in [6, 6.07) is 17.7. The molecule has 3 aromatic rings. The minimum Gasteiger partial charge on any atom is -0.493 e. The number of methoxy groups -OCH3 is 2. The molecule has 0 heterocycles. The number of nitrogens with zero attached hydrogens (tertiary/aromatic N) is 2. The second-order valence-electron chi connectivity index (χ2n) is 11.0. The average Bonchev–Trinajstić information content (AvgIpc) is 2.93. The Kier molecular flexibility index (Phi) is 11.3. The van der Waals surface area contributed by atoms with E-state index in [1.54, 1.807) is 24.3 Å². The van der Waals surface area contributed by atoms with E-state index in [9.17, 15) is 18.0 Å². The molecule has 1 N–H and O–H groups in total. The quantitative estimate of drug-likeness (QED) is 0.284. The number of carbonyl (C=O) groups is 2. The fraction of sp³-hybridized carbons (Fsp3) is 0.355. The molecule has 0 aliphatic heterocycles. The molecule has 2 amide bonds. The highest BCUT2D eigenvalue weighted by Crippen LogP contribution is 2.33. The lowest BCUT2D eigenvalue weighted by Crippen LogP contribution is -2.56. The second kappa shape index (κ2) is 14.3. The van der Waals surface area contributed by atoms with Crippen molar-refractivity contribution in [3.05, 3.63) is 87.9 Å². The topological polar surface area (TPSA) is 105 Å². The van der Waals surface area contributed by atoms with Crippen LogP contribution < -0.4 is 19.1 Å². The third kappa shape index (κ3) is 9.26. The fourth-order valence-electron chi connectivity index (χ4n) is 4.45. The SMILES string of the molecule is COc1ccc(N(CC(=O)N(Cc2c(Cl)cccc2Cl)[C@H](Cc2ccccc2)C(=O)NC(C)(C)C)S(C)(=O)=O)cc1OC. The van der Waals surface area contributed by atoms with Crippen LogP contribution in [0.3, 0.4) is 0 Å². The lowest BCUT2D eigenvalue weighted by Gasteiger charge is -2.35. The molecule has 9 nitrogen and oxygen atoms in total. The number of carbonyl (C=O) groups excluding carboxylic acids is 2. The molecular formula is C31H37Cl2N3O6S. The van der Waals surface area contributed by atoms with Gasteiger partial charge >= 0.3 is 0 Å². The first-order chi connectivity index (χ1) is 20.1. The van der Waals surface area contributed by atoms with Gasteiger partial charge in [0.1, 0.15) is 12.6 Å². The van der Waals surface area contributed by atoms with E-state index in [1.165, 1.54) is 31.3 Å². The maximum absolute atomic E-state index is 14.3. The van der Waals surface area contributed by atoms with Crippen LogP contribution in [0.15, 0.2) is 66.7 Å². The smallest absolute Gasteiger partial charge is 0.244 e. The maximum atomic E-state index is 14.3. The van der Waals surface area contributed by atoms with Gasteiger partial charge in [-0.05, 0) is 50.6 Å². The van der Waals surface area contributed by atoms with Crippen LogP contribution in [-0.2, 0) is 32.6 Å². The van der Waals surface area contributed by atoms with Crippen molar-refractivity contribution in [3.63, 3.8) is 0 Å². The van der Waals surface area contributed by atoms with E-state index >= 15 is 0 Å². The predicted molar refractivity (Wildman–Crippen MR) is 171 cm³/mol. The molecule has 0 aromatic heterocycles. The van der Waals surface area contributed by atoms with Crippen molar-refractivity contribution in [2.45, 2.75) is 45.3 Å². The molecule has 0 aliphatic carbocycles. The zero-order valence-corrected chi connectivity index (χ0v) is 27.4. The molecule has 43 heavy (non-hydrogen) atoms. The summed E-state index contributed by atoms with van der Waals surface area (Å²) in [4.78, 5) is 29.5. The predicted octanol–water partition coefficient (Wildman–Crippen LogP) is 5.33. The highest BCUT2D eigenvalue weighted by atomic mass is 35.5. The third-order valence-electron chi connectivity index (χ3n) is 6.49. The summed E-state index contributed by atoms with van der Waals surface area (Å²) in [6.45, 7) is 4.76. The van der Waals surface area contributed by atoms with E-state index in [-0.39, 0.29) is 24.4 Å². The van der Waals surface area contributed by atoms with Gasteiger partial charge in [0.2, 0.25) is 21.8 Å². The minimum absolute atomic E-state index is 0.143.